The monoisotopic (exact) mass is 496 g/mol. The molecular formula is C22H33IN4O. The van der Waals surface area contributed by atoms with E-state index in [1.165, 1.54) is 44.2 Å². The molecule has 4 atom stereocenters. The molecule has 0 amide bonds. The van der Waals surface area contributed by atoms with Gasteiger partial charge < -0.3 is 20.3 Å². The quantitative estimate of drug-likeness (QED) is 0.383. The van der Waals surface area contributed by atoms with Gasteiger partial charge in [-0.05, 0) is 44.2 Å². The maximum absolute atomic E-state index is 6.06. The zero-order chi connectivity index (χ0) is 18.3. The molecule has 2 saturated heterocycles. The molecule has 4 unspecified atom stereocenters. The normalized spacial score (nSPS) is 33.3. The van der Waals surface area contributed by atoms with Crippen LogP contribution in [0.3, 0.4) is 0 Å². The highest BCUT2D eigenvalue weighted by Crippen LogP contribution is 2.62. The van der Waals surface area contributed by atoms with Crippen LogP contribution in [0.5, 0.6) is 0 Å². The number of rotatable bonds is 3. The molecule has 1 spiro atoms. The number of para-hydroxylation sites is 1. The summed E-state index contributed by atoms with van der Waals surface area (Å²) in [6.07, 6.45) is 8.11. The van der Waals surface area contributed by atoms with Crippen LogP contribution in [-0.4, -0.2) is 50.9 Å². The first-order chi connectivity index (χ1) is 13.3. The predicted octanol–water partition coefficient (Wildman–Crippen LogP) is 3.40. The fourth-order valence-electron chi connectivity index (χ4n) is 5.94. The largest absolute Gasteiger partial charge is 0.377 e. The third-order valence-corrected chi connectivity index (χ3v) is 7.44. The first-order valence-corrected chi connectivity index (χ1v) is 10.7. The Bertz CT molecular complexity index is 693. The molecule has 28 heavy (non-hydrogen) atoms. The maximum Gasteiger partial charge on any atom is 0.191 e. The van der Waals surface area contributed by atoms with Crippen molar-refractivity contribution in [1.82, 2.24) is 10.6 Å². The number of anilines is 1. The third kappa shape index (κ3) is 3.40. The first kappa shape index (κ1) is 20.3. The average Bonchev–Trinajstić information content (AvgIpc) is 3.10. The molecular weight excluding hydrogens is 463 g/mol. The van der Waals surface area contributed by atoms with Gasteiger partial charge in [-0.3, -0.25) is 4.99 Å². The molecule has 2 aliphatic carbocycles. The number of hydrogen-bond acceptors (Lipinski definition) is 3. The Hall–Kier alpha value is -1.02. The Labute approximate surface area is 185 Å². The Morgan fingerprint density at radius 2 is 1.96 bits per heavy atom. The van der Waals surface area contributed by atoms with E-state index in [4.69, 9.17) is 4.74 Å². The van der Waals surface area contributed by atoms with Crippen molar-refractivity contribution in [2.75, 3.05) is 31.6 Å². The van der Waals surface area contributed by atoms with Gasteiger partial charge >= 0.3 is 0 Å². The lowest BCUT2D eigenvalue weighted by molar-refractivity contribution is -0.171. The van der Waals surface area contributed by atoms with E-state index in [1.54, 1.807) is 0 Å². The zero-order valence-corrected chi connectivity index (χ0v) is 19.1. The number of piperidine rings is 1. The van der Waals surface area contributed by atoms with Gasteiger partial charge in [0.05, 0.1) is 6.10 Å². The number of benzene rings is 1. The first-order valence-electron chi connectivity index (χ1n) is 10.7. The number of aliphatic imine (C=N–C) groups is 1. The van der Waals surface area contributed by atoms with Gasteiger partial charge in [-0.15, -0.1) is 24.0 Å². The van der Waals surface area contributed by atoms with Crippen LogP contribution in [0, 0.1) is 11.3 Å². The maximum atomic E-state index is 6.06. The van der Waals surface area contributed by atoms with E-state index in [0.717, 1.165) is 25.7 Å². The molecule has 2 saturated carbocycles. The van der Waals surface area contributed by atoms with Crippen LogP contribution >= 0.6 is 24.0 Å². The van der Waals surface area contributed by atoms with Crippen molar-refractivity contribution < 1.29 is 4.74 Å². The summed E-state index contributed by atoms with van der Waals surface area (Å²) in [7, 11) is 1.90. The second-order valence-electron chi connectivity index (χ2n) is 8.79. The lowest BCUT2D eigenvalue weighted by Crippen LogP contribution is -2.73. The van der Waals surface area contributed by atoms with Gasteiger partial charge in [0.2, 0.25) is 0 Å². The van der Waals surface area contributed by atoms with E-state index in [1.807, 2.05) is 7.05 Å². The van der Waals surface area contributed by atoms with Crippen LogP contribution in [0.1, 0.15) is 38.5 Å². The van der Waals surface area contributed by atoms with Crippen LogP contribution in [0.15, 0.2) is 35.3 Å². The molecule has 2 N–H and O–H groups in total. The average molecular weight is 496 g/mol. The number of guanidine groups is 1. The smallest absolute Gasteiger partial charge is 0.191 e. The Kier molecular flexibility index (Phi) is 6.06. The van der Waals surface area contributed by atoms with E-state index >= 15 is 0 Å². The summed E-state index contributed by atoms with van der Waals surface area (Å²) in [6, 6.07) is 11.7. The lowest BCUT2D eigenvalue weighted by Gasteiger charge is -2.63. The highest BCUT2D eigenvalue weighted by molar-refractivity contribution is 14.0. The minimum atomic E-state index is 0. The van der Waals surface area contributed by atoms with Gasteiger partial charge in [-0.2, -0.15) is 0 Å². The molecule has 1 aromatic carbocycles. The van der Waals surface area contributed by atoms with Crippen LogP contribution in [0.25, 0.3) is 0 Å². The highest BCUT2D eigenvalue weighted by Gasteiger charge is 2.66. The zero-order valence-electron chi connectivity index (χ0n) is 16.8. The fourth-order valence-corrected chi connectivity index (χ4v) is 5.94. The van der Waals surface area contributed by atoms with Gasteiger partial charge in [0.1, 0.15) is 0 Å². The second kappa shape index (κ2) is 8.38. The number of fused-ring (bicyclic) bond motifs is 2. The van der Waals surface area contributed by atoms with Crippen molar-refractivity contribution >= 4 is 35.6 Å². The molecule has 0 aromatic heterocycles. The van der Waals surface area contributed by atoms with Crippen molar-refractivity contribution in [3.05, 3.63) is 30.3 Å². The molecule has 4 fully saturated rings. The SMILES string of the molecule is CN=C(NC1CCCN(c2ccccc2)C1)NC1C2CCOC2C12CCC2.I. The molecule has 2 aliphatic heterocycles. The summed E-state index contributed by atoms with van der Waals surface area (Å²) in [4.78, 5) is 7.07. The molecule has 6 heteroatoms. The summed E-state index contributed by atoms with van der Waals surface area (Å²) in [5, 5.41) is 7.54. The van der Waals surface area contributed by atoms with Gasteiger partial charge in [-0.1, -0.05) is 24.6 Å². The van der Waals surface area contributed by atoms with Gasteiger partial charge in [0, 0.05) is 55.8 Å². The van der Waals surface area contributed by atoms with Gasteiger partial charge in [0.15, 0.2) is 5.96 Å². The van der Waals surface area contributed by atoms with Crippen molar-refractivity contribution in [3.8, 4) is 0 Å². The van der Waals surface area contributed by atoms with Gasteiger partial charge in [0.25, 0.3) is 0 Å². The molecule has 0 radical (unpaired) electrons. The lowest BCUT2D eigenvalue weighted by atomic mass is 9.46. The predicted molar refractivity (Wildman–Crippen MR) is 125 cm³/mol. The molecule has 0 bridgehead atoms. The highest BCUT2D eigenvalue weighted by atomic mass is 127. The minimum absolute atomic E-state index is 0. The van der Waals surface area contributed by atoms with Crippen molar-refractivity contribution in [2.24, 2.45) is 16.3 Å². The number of halogens is 1. The van der Waals surface area contributed by atoms with Crippen molar-refractivity contribution in [2.45, 2.75) is 56.7 Å². The van der Waals surface area contributed by atoms with Crippen LogP contribution in [-0.2, 0) is 4.74 Å². The van der Waals surface area contributed by atoms with Crippen molar-refractivity contribution in [1.29, 1.82) is 0 Å². The molecule has 4 aliphatic rings. The summed E-state index contributed by atoms with van der Waals surface area (Å²) in [5.74, 6) is 1.66. The fraction of sp³-hybridized carbons (Fsp3) is 0.682. The Morgan fingerprint density at radius 3 is 2.68 bits per heavy atom. The number of hydrogen-bond donors (Lipinski definition) is 2. The Balaban J connectivity index is 0.00000192. The summed E-state index contributed by atoms with van der Waals surface area (Å²) in [6.45, 7) is 3.12. The van der Waals surface area contributed by atoms with E-state index in [-0.39, 0.29) is 24.0 Å². The molecule has 154 valence electrons. The number of nitrogens with one attached hydrogen (secondary N) is 2. The number of nitrogens with zero attached hydrogens (tertiary/aromatic N) is 2. The van der Waals surface area contributed by atoms with Crippen LogP contribution < -0.4 is 15.5 Å². The minimum Gasteiger partial charge on any atom is -0.377 e. The molecule has 5 rings (SSSR count). The van der Waals surface area contributed by atoms with E-state index < -0.39 is 0 Å². The molecule has 5 nitrogen and oxygen atoms in total. The Morgan fingerprint density at radius 1 is 1.14 bits per heavy atom. The van der Waals surface area contributed by atoms with Gasteiger partial charge in [-0.25, -0.2) is 0 Å². The van der Waals surface area contributed by atoms with E-state index in [0.29, 0.717) is 29.5 Å². The third-order valence-electron chi connectivity index (χ3n) is 7.44. The van der Waals surface area contributed by atoms with Crippen molar-refractivity contribution in [3.63, 3.8) is 0 Å². The second-order valence-corrected chi connectivity index (χ2v) is 8.79. The topological polar surface area (TPSA) is 48.9 Å². The number of ether oxygens (including phenoxy) is 1. The van der Waals surface area contributed by atoms with Crippen LogP contribution in [0.4, 0.5) is 5.69 Å². The van der Waals surface area contributed by atoms with Crippen LogP contribution in [0.2, 0.25) is 0 Å². The molecule has 2 heterocycles. The molecule has 1 aromatic rings. The summed E-state index contributed by atoms with van der Waals surface area (Å²) >= 11 is 0. The summed E-state index contributed by atoms with van der Waals surface area (Å²) < 4.78 is 6.06. The standard InChI is InChI=1S/C22H32N4O.HI/c1-23-21(25-19-18-10-14-27-20(18)22(19)11-6-12-22)24-16-7-5-13-26(15-16)17-8-3-2-4-9-17;/h2-4,8-9,16,18-20H,5-7,10-15H2,1H3,(H2,23,24,25);1H. The van der Waals surface area contributed by atoms with E-state index in [2.05, 4.69) is 50.9 Å². The summed E-state index contributed by atoms with van der Waals surface area (Å²) in [5.41, 5.74) is 1.71. The van der Waals surface area contributed by atoms with E-state index in [9.17, 15) is 0 Å².